The van der Waals surface area contributed by atoms with Gasteiger partial charge in [0, 0.05) is 6.42 Å². The summed E-state index contributed by atoms with van der Waals surface area (Å²) >= 11 is 0. The van der Waals surface area contributed by atoms with Crippen LogP contribution in [-0.2, 0) is 78.3 Å². The minimum absolute atomic E-state index is 0.00584. The molecule has 1 rings (SSSR count). The minimum atomic E-state index is -1.52. The van der Waals surface area contributed by atoms with Crippen LogP contribution in [0.3, 0.4) is 0 Å². The first kappa shape index (κ1) is 96.1. The van der Waals surface area contributed by atoms with E-state index < -0.39 is 186 Å². The summed E-state index contributed by atoms with van der Waals surface area (Å²) in [6.45, 7) is 24.3. The molecule has 1 aromatic carbocycles. The predicted octanol–water partition coefficient (Wildman–Crippen LogP) is -2.08. The predicted molar refractivity (Wildman–Crippen MR) is 405 cm³/mol. The number of hydrogen-bond donors (Lipinski definition) is 19. The van der Waals surface area contributed by atoms with Crippen molar-refractivity contribution < 1.29 is 71.9 Å². The molecule has 0 saturated carbocycles. The van der Waals surface area contributed by atoms with Gasteiger partial charge in [-0.05, 0) is 166 Å². The molecule has 34 heteroatoms. The third kappa shape index (κ3) is 38.0. The zero-order valence-corrected chi connectivity index (χ0v) is 65.4. The topological polar surface area (TPSA) is 569 Å². The monoisotopic (exact) mass is 1510 g/mol. The van der Waals surface area contributed by atoms with E-state index in [9.17, 15) is 71.9 Å². The number of benzene rings is 1. The molecular formula is C73H129N19O15. The third-order valence-electron chi connectivity index (χ3n) is 17.6. The number of carbonyl (C=O) groups excluding carboxylic acids is 15. The van der Waals surface area contributed by atoms with Crippen molar-refractivity contribution >= 4 is 88.6 Å². The van der Waals surface area contributed by atoms with Gasteiger partial charge in [-0.1, -0.05) is 106 Å². The van der Waals surface area contributed by atoms with Crippen LogP contribution in [0.5, 0.6) is 0 Å². The molecule has 606 valence electrons. The van der Waals surface area contributed by atoms with Crippen molar-refractivity contribution in [3.63, 3.8) is 0 Å². The Hall–Kier alpha value is -8.89. The van der Waals surface area contributed by atoms with Gasteiger partial charge in [0.1, 0.15) is 78.5 Å². The highest BCUT2D eigenvalue weighted by Crippen LogP contribution is 2.16. The summed E-state index contributed by atoms with van der Waals surface area (Å²) in [7, 11) is 0. The normalized spacial score (nSPS) is 15.6. The van der Waals surface area contributed by atoms with Crippen molar-refractivity contribution in [3.05, 3.63) is 35.9 Å². The van der Waals surface area contributed by atoms with Gasteiger partial charge < -0.3 is 104 Å². The fourth-order valence-corrected chi connectivity index (χ4v) is 11.2. The van der Waals surface area contributed by atoms with E-state index in [4.69, 9.17) is 34.4 Å². The molecule has 0 spiro atoms. The van der Waals surface area contributed by atoms with Crippen LogP contribution in [0.15, 0.2) is 30.3 Å². The summed E-state index contributed by atoms with van der Waals surface area (Å²) < 4.78 is 0. The highest BCUT2D eigenvalue weighted by atomic mass is 16.2. The number of nitrogens with two attached hydrogens (primary N) is 6. The van der Waals surface area contributed by atoms with Crippen LogP contribution in [0.4, 0.5) is 0 Å². The molecule has 0 saturated heterocycles. The summed E-state index contributed by atoms with van der Waals surface area (Å²) in [6.07, 6.45) is 3.08. The number of rotatable bonds is 53. The Morgan fingerprint density at radius 2 is 0.626 bits per heavy atom. The maximum atomic E-state index is 14.3. The number of amides is 15. The van der Waals surface area contributed by atoms with Crippen LogP contribution in [-0.4, -0.2) is 193 Å². The first-order valence-electron chi connectivity index (χ1n) is 37.6. The molecule has 0 aliphatic rings. The second-order valence-corrected chi connectivity index (χ2v) is 29.5. The zero-order chi connectivity index (χ0) is 81.4. The van der Waals surface area contributed by atoms with Crippen molar-refractivity contribution in [2.45, 2.75) is 284 Å². The van der Waals surface area contributed by atoms with Crippen molar-refractivity contribution in [2.75, 3.05) is 19.6 Å². The fraction of sp³-hybridized carbons (Fsp3) is 0.712. The first-order chi connectivity index (χ1) is 50.2. The molecule has 1 aromatic rings. The van der Waals surface area contributed by atoms with Crippen LogP contribution in [0.25, 0.3) is 0 Å². The summed E-state index contributed by atoms with van der Waals surface area (Å²) in [6, 6.07) is -9.04. The van der Waals surface area contributed by atoms with E-state index in [0.29, 0.717) is 50.5 Å². The van der Waals surface area contributed by atoms with E-state index in [0.717, 1.165) is 0 Å². The van der Waals surface area contributed by atoms with Gasteiger partial charge in [-0.25, -0.2) is 0 Å². The van der Waals surface area contributed by atoms with E-state index in [1.807, 2.05) is 34.6 Å². The molecule has 15 amide bonds. The van der Waals surface area contributed by atoms with Gasteiger partial charge in [-0.3, -0.25) is 71.9 Å². The summed E-state index contributed by atoms with van der Waals surface area (Å²) in [5, 5.41) is 34.2. The van der Waals surface area contributed by atoms with Crippen molar-refractivity contribution in [3.8, 4) is 0 Å². The van der Waals surface area contributed by atoms with E-state index >= 15 is 0 Å². The Kier molecular flexibility index (Phi) is 45.5. The Labute approximate surface area is 630 Å². The lowest BCUT2D eigenvalue weighted by molar-refractivity contribution is -0.136. The molecule has 107 heavy (non-hydrogen) atoms. The lowest BCUT2D eigenvalue weighted by atomic mass is 9.96. The molecule has 0 bridgehead atoms. The Balaban J connectivity index is 3.30. The molecular weight excluding hydrogens is 1380 g/mol. The first-order valence-corrected chi connectivity index (χ1v) is 37.6. The van der Waals surface area contributed by atoms with Gasteiger partial charge in [-0.15, -0.1) is 0 Å². The molecule has 0 fully saturated rings. The van der Waals surface area contributed by atoms with Crippen molar-refractivity contribution in [1.29, 1.82) is 0 Å². The van der Waals surface area contributed by atoms with E-state index in [2.05, 4.69) is 69.1 Å². The molecule has 34 nitrogen and oxygen atoms in total. The second-order valence-electron chi connectivity index (χ2n) is 29.5. The Bertz CT molecular complexity index is 3050. The largest absolute Gasteiger partial charge is 0.370 e. The lowest BCUT2D eigenvalue weighted by Gasteiger charge is -2.29. The quantitative estimate of drug-likeness (QED) is 0.0311. The maximum absolute atomic E-state index is 14.3. The number of carbonyl (C=O) groups is 15. The molecule has 0 heterocycles. The zero-order valence-electron chi connectivity index (χ0n) is 65.4. The maximum Gasteiger partial charge on any atom is 0.243 e. The van der Waals surface area contributed by atoms with Crippen LogP contribution < -0.4 is 104 Å². The Morgan fingerprint density at radius 1 is 0.327 bits per heavy atom. The number of nitrogens with one attached hydrogen (secondary N) is 13. The van der Waals surface area contributed by atoms with E-state index in [1.165, 1.54) is 27.7 Å². The van der Waals surface area contributed by atoms with Gasteiger partial charge in [0.05, 0.1) is 12.5 Å². The van der Waals surface area contributed by atoms with E-state index in [1.54, 1.807) is 65.0 Å². The standard InChI is InChI=1S/C73H129N19O15/c1-15-43(10)59(73(107)87-53(60(79)94)34-40(4)5)92-68(102)52(29-21-24-32-76)85-67(101)51(28-20-23-31-75)84-62(96)46(13)83-70(104)55(36-42(8)9)88-63(97)45(12)80-61(95)44(11)82-69(103)54(35-41(6)7)89-64(98)47(14)81-66(100)50(27-19-22-30-74)86-71(105)56(37-48-25-17-16-18-26-48)91-72(106)57(38-58(78)93)90-65(99)49(77)33-39(2)3/h16-18,25-26,39-47,49-57,59H,15,19-24,27-38,74-77H2,1-14H3,(H2,78,93)(H2,79,94)(H,80,95)(H,81,100)(H,82,103)(H,83,104)(H,84,96)(H,85,101)(H,86,105)(H,87,107)(H,88,97)(H,89,98)(H,90,99)(H,91,106)(H,92,102)/t43-,44-,45-,46-,47-,49-,50-,51-,52-,53-,54-,55-,56-,57-,59-/m0/s1. The number of primary amides is 2. The van der Waals surface area contributed by atoms with Gasteiger partial charge in [0.15, 0.2) is 0 Å². The third-order valence-corrected chi connectivity index (χ3v) is 17.6. The molecule has 0 radical (unpaired) electrons. The molecule has 25 N–H and O–H groups in total. The average Bonchev–Trinajstić information content (AvgIpc) is 0.725. The number of unbranched alkanes of at least 4 members (excludes halogenated alkanes) is 3. The highest BCUT2D eigenvalue weighted by Gasteiger charge is 2.38. The van der Waals surface area contributed by atoms with E-state index in [-0.39, 0.29) is 94.7 Å². The van der Waals surface area contributed by atoms with Crippen LogP contribution in [0, 0.1) is 29.6 Å². The summed E-state index contributed by atoms with van der Waals surface area (Å²) in [5.74, 6) is -12.7. The second kappa shape index (κ2) is 50.6. The molecule has 0 unspecified atom stereocenters. The minimum Gasteiger partial charge on any atom is -0.370 e. The SMILES string of the molecule is CC[C@H](C)[C@H](NC(=O)[C@H](CCCCN)NC(=O)[C@H](CCCCN)NC(=O)[C@H](C)NC(=O)[C@H](CC(C)C)NC(=O)[C@H](C)NC(=O)[C@H](C)NC(=O)[C@H](CC(C)C)NC(=O)[C@H](C)NC(=O)[C@H](CCCCN)NC(=O)[C@H](Cc1ccccc1)NC(=O)[C@H](CC(N)=O)NC(=O)[C@@H](N)CC(C)C)C(=O)N[C@@H](CC(C)C)C(N)=O. The van der Waals surface area contributed by atoms with Gasteiger partial charge >= 0.3 is 0 Å². The molecule has 15 atom stereocenters. The average molecular weight is 1510 g/mol. The molecule has 0 aliphatic heterocycles. The van der Waals surface area contributed by atoms with Gasteiger partial charge in [0.2, 0.25) is 88.6 Å². The molecule has 0 aromatic heterocycles. The van der Waals surface area contributed by atoms with Crippen molar-refractivity contribution in [1.82, 2.24) is 69.1 Å². The Morgan fingerprint density at radius 3 is 1.00 bits per heavy atom. The smallest absolute Gasteiger partial charge is 0.243 e. The van der Waals surface area contributed by atoms with Crippen LogP contribution in [0.2, 0.25) is 0 Å². The lowest BCUT2D eigenvalue weighted by Crippen LogP contribution is -2.60. The van der Waals surface area contributed by atoms with Gasteiger partial charge in [0.25, 0.3) is 0 Å². The van der Waals surface area contributed by atoms with Gasteiger partial charge in [-0.2, -0.15) is 0 Å². The van der Waals surface area contributed by atoms with Crippen LogP contribution >= 0.6 is 0 Å². The van der Waals surface area contributed by atoms with Crippen LogP contribution in [0.1, 0.15) is 199 Å². The summed E-state index contributed by atoms with van der Waals surface area (Å²) in [5.41, 5.74) is 35.1. The van der Waals surface area contributed by atoms with Crippen molar-refractivity contribution in [2.24, 2.45) is 64.0 Å². The highest BCUT2D eigenvalue weighted by molar-refractivity contribution is 6.00. The number of hydrogen-bond acceptors (Lipinski definition) is 19. The molecule has 0 aliphatic carbocycles. The summed E-state index contributed by atoms with van der Waals surface area (Å²) in [4.78, 5) is 205. The fourth-order valence-electron chi connectivity index (χ4n) is 11.2.